The van der Waals surface area contributed by atoms with E-state index in [2.05, 4.69) is 12.2 Å². The molecule has 0 saturated heterocycles. The highest BCUT2D eigenvalue weighted by Gasteiger charge is 1.97. The summed E-state index contributed by atoms with van der Waals surface area (Å²) in [7, 11) is 0. The van der Waals surface area contributed by atoms with Gasteiger partial charge in [-0.15, -0.1) is 0 Å². The molecule has 0 fully saturated rings. The van der Waals surface area contributed by atoms with Crippen molar-refractivity contribution in [2.75, 3.05) is 19.8 Å². The molecule has 0 aliphatic rings. The van der Waals surface area contributed by atoms with Crippen molar-refractivity contribution in [1.29, 1.82) is 0 Å². The second-order valence-corrected chi connectivity index (χ2v) is 4.39. The largest absolute Gasteiger partial charge is 0.462 e. The van der Waals surface area contributed by atoms with Crippen molar-refractivity contribution in [2.45, 2.75) is 33.1 Å². The molecule has 1 aromatic heterocycles. The molecule has 1 N–H and O–H groups in total. The lowest BCUT2D eigenvalue weighted by atomic mass is 10.3. The van der Waals surface area contributed by atoms with Gasteiger partial charge in [-0.2, -0.15) is 0 Å². The summed E-state index contributed by atoms with van der Waals surface area (Å²) in [5.41, 5.74) is 0. The Labute approximate surface area is 114 Å². The summed E-state index contributed by atoms with van der Waals surface area (Å²) in [6.07, 6.45) is 6.23. The normalized spacial score (nSPS) is 11.1. The summed E-state index contributed by atoms with van der Waals surface area (Å²) in [6, 6.07) is 3.70. The van der Waals surface area contributed by atoms with Crippen molar-refractivity contribution in [2.24, 2.45) is 0 Å². The quantitative estimate of drug-likeness (QED) is 0.551. The molecule has 0 aliphatic heterocycles. The summed E-state index contributed by atoms with van der Waals surface area (Å²) in [5, 5.41) is 2.80. The van der Waals surface area contributed by atoms with Crippen LogP contribution in [-0.2, 0) is 9.53 Å². The van der Waals surface area contributed by atoms with Crippen molar-refractivity contribution in [1.82, 2.24) is 5.32 Å². The zero-order valence-corrected chi connectivity index (χ0v) is 11.8. The Morgan fingerprint density at radius 1 is 1.37 bits per heavy atom. The van der Waals surface area contributed by atoms with Crippen LogP contribution in [0.3, 0.4) is 0 Å². The fourth-order valence-corrected chi connectivity index (χ4v) is 1.49. The van der Waals surface area contributed by atoms with Crippen LogP contribution in [0.5, 0.6) is 0 Å². The molecule has 0 unspecified atom stereocenters. The molecule has 1 heterocycles. The monoisotopic (exact) mass is 265 g/mol. The topological polar surface area (TPSA) is 51.5 Å². The van der Waals surface area contributed by atoms with Crippen molar-refractivity contribution in [3.63, 3.8) is 0 Å². The van der Waals surface area contributed by atoms with Crippen molar-refractivity contribution < 1.29 is 13.9 Å². The molecular weight excluding hydrogens is 242 g/mol. The second-order valence-electron chi connectivity index (χ2n) is 4.39. The van der Waals surface area contributed by atoms with Gasteiger partial charge in [0.1, 0.15) is 11.5 Å². The van der Waals surface area contributed by atoms with Gasteiger partial charge in [0, 0.05) is 25.8 Å². The van der Waals surface area contributed by atoms with Crippen LogP contribution in [0.2, 0.25) is 0 Å². The van der Waals surface area contributed by atoms with Crippen LogP contribution in [0.1, 0.15) is 37.7 Å². The molecular formula is C15H23NO3. The van der Waals surface area contributed by atoms with Crippen LogP contribution < -0.4 is 5.32 Å². The minimum Gasteiger partial charge on any atom is -0.462 e. The Morgan fingerprint density at radius 2 is 2.16 bits per heavy atom. The average molecular weight is 265 g/mol. The van der Waals surface area contributed by atoms with E-state index in [1.54, 1.807) is 6.08 Å². The van der Waals surface area contributed by atoms with Crippen LogP contribution in [-0.4, -0.2) is 25.7 Å². The second kappa shape index (κ2) is 9.39. The molecule has 0 radical (unpaired) electrons. The molecule has 1 rings (SSSR count). The maximum Gasteiger partial charge on any atom is 0.244 e. The van der Waals surface area contributed by atoms with E-state index in [9.17, 15) is 4.79 Å². The number of carbonyl (C=O) groups excluding carboxylic acids is 1. The maximum absolute atomic E-state index is 11.5. The highest BCUT2D eigenvalue weighted by Crippen LogP contribution is 2.07. The van der Waals surface area contributed by atoms with Gasteiger partial charge in [-0.25, -0.2) is 0 Å². The molecule has 0 bridgehead atoms. The lowest BCUT2D eigenvalue weighted by molar-refractivity contribution is -0.116. The number of hydrogen-bond donors (Lipinski definition) is 1. The summed E-state index contributed by atoms with van der Waals surface area (Å²) in [6.45, 7) is 6.14. The molecule has 0 saturated carbocycles. The van der Waals surface area contributed by atoms with Crippen molar-refractivity contribution >= 4 is 12.0 Å². The van der Waals surface area contributed by atoms with E-state index >= 15 is 0 Å². The van der Waals surface area contributed by atoms with E-state index in [-0.39, 0.29) is 5.91 Å². The van der Waals surface area contributed by atoms with Crippen LogP contribution in [0.4, 0.5) is 0 Å². The van der Waals surface area contributed by atoms with Crippen LogP contribution in [0, 0.1) is 6.92 Å². The van der Waals surface area contributed by atoms with Gasteiger partial charge in [-0.1, -0.05) is 13.3 Å². The van der Waals surface area contributed by atoms with E-state index in [4.69, 9.17) is 9.15 Å². The Morgan fingerprint density at radius 3 is 2.84 bits per heavy atom. The predicted octanol–water partition coefficient (Wildman–Crippen LogP) is 2.92. The number of aryl methyl sites for hydroxylation is 1. The number of rotatable bonds is 9. The van der Waals surface area contributed by atoms with Gasteiger partial charge >= 0.3 is 0 Å². The zero-order valence-electron chi connectivity index (χ0n) is 11.8. The summed E-state index contributed by atoms with van der Waals surface area (Å²) < 4.78 is 10.7. The zero-order chi connectivity index (χ0) is 13.9. The number of hydrogen-bond acceptors (Lipinski definition) is 3. The minimum absolute atomic E-state index is 0.109. The van der Waals surface area contributed by atoms with E-state index in [0.717, 1.165) is 31.6 Å². The summed E-state index contributed by atoms with van der Waals surface area (Å²) in [5.74, 6) is 1.42. The van der Waals surface area contributed by atoms with Crippen molar-refractivity contribution in [3.8, 4) is 0 Å². The third-order valence-corrected chi connectivity index (χ3v) is 2.57. The molecule has 106 valence electrons. The van der Waals surface area contributed by atoms with Gasteiger partial charge < -0.3 is 14.5 Å². The first-order valence-corrected chi connectivity index (χ1v) is 6.82. The maximum atomic E-state index is 11.5. The van der Waals surface area contributed by atoms with Crippen molar-refractivity contribution in [3.05, 3.63) is 29.7 Å². The van der Waals surface area contributed by atoms with E-state index in [0.29, 0.717) is 18.9 Å². The Kier molecular flexibility index (Phi) is 7.66. The van der Waals surface area contributed by atoms with Gasteiger partial charge in [0.05, 0.1) is 0 Å². The third-order valence-electron chi connectivity index (χ3n) is 2.57. The molecule has 1 amide bonds. The summed E-state index contributed by atoms with van der Waals surface area (Å²) in [4.78, 5) is 11.5. The fraction of sp³-hybridized carbons (Fsp3) is 0.533. The van der Waals surface area contributed by atoms with Crippen LogP contribution >= 0.6 is 0 Å². The van der Waals surface area contributed by atoms with Crippen LogP contribution in [0.25, 0.3) is 6.08 Å². The van der Waals surface area contributed by atoms with Gasteiger partial charge in [0.15, 0.2) is 0 Å². The Bertz CT molecular complexity index is 396. The molecule has 1 aromatic rings. The number of nitrogens with one attached hydrogen (secondary N) is 1. The number of unbranched alkanes of at least 4 members (excludes halogenated alkanes) is 1. The molecule has 4 heteroatoms. The van der Waals surface area contributed by atoms with E-state index < -0.39 is 0 Å². The Hall–Kier alpha value is -1.55. The van der Waals surface area contributed by atoms with E-state index in [1.165, 1.54) is 6.08 Å². The highest BCUT2D eigenvalue weighted by atomic mass is 16.5. The smallest absolute Gasteiger partial charge is 0.244 e. The van der Waals surface area contributed by atoms with Gasteiger partial charge in [0.2, 0.25) is 5.91 Å². The summed E-state index contributed by atoms with van der Waals surface area (Å²) >= 11 is 0. The molecule has 0 aliphatic carbocycles. The lowest BCUT2D eigenvalue weighted by Crippen LogP contribution is -2.23. The third kappa shape index (κ3) is 7.47. The van der Waals surface area contributed by atoms with E-state index in [1.807, 2.05) is 19.1 Å². The number of furan rings is 1. The fourth-order valence-electron chi connectivity index (χ4n) is 1.49. The Balaban J connectivity index is 2.06. The van der Waals surface area contributed by atoms with Gasteiger partial charge in [-0.3, -0.25) is 4.79 Å². The molecule has 0 atom stereocenters. The molecule has 4 nitrogen and oxygen atoms in total. The number of amides is 1. The van der Waals surface area contributed by atoms with Crippen LogP contribution in [0.15, 0.2) is 22.6 Å². The SMILES string of the molecule is CCCCOCCCNC(=O)/C=C/c1ccc(C)o1. The minimum atomic E-state index is -0.109. The first-order chi connectivity index (χ1) is 9.22. The highest BCUT2D eigenvalue weighted by molar-refractivity contribution is 5.91. The van der Waals surface area contributed by atoms with Gasteiger partial charge in [-0.05, 0) is 38.0 Å². The molecule has 0 aromatic carbocycles. The number of carbonyl (C=O) groups is 1. The van der Waals surface area contributed by atoms with Gasteiger partial charge in [0.25, 0.3) is 0 Å². The first-order valence-electron chi connectivity index (χ1n) is 6.82. The molecule has 0 spiro atoms. The predicted molar refractivity (Wildman–Crippen MR) is 75.8 cm³/mol. The lowest BCUT2D eigenvalue weighted by Gasteiger charge is -2.03. The average Bonchev–Trinajstić information content (AvgIpc) is 2.81. The number of ether oxygens (including phenoxy) is 1. The standard InChI is InChI=1S/C15H23NO3/c1-3-4-11-18-12-5-10-16-15(17)9-8-14-7-6-13(2)19-14/h6-9H,3-5,10-12H2,1-2H3,(H,16,17)/b9-8+. The molecule has 19 heavy (non-hydrogen) atoms. The first kappa shape index (κ1) is 15.5.